The molecule has 2 aliphatic rings. The van der Waals surface area contributed by atoms with Crippen LogP contribution in [0.15, 0.2) is 54.6 Å². The molecule has 1 aliphatic carbocycles. The molecular weight excluding hydrogens is 390 g/mol. The van der Waals surface area contributed by atoms with Gasteiger partial charge in [-0.15, -0.1) is 0 Å². The minimum Gasteiger partial charge on any atom is -0.361 e. The van der Waals surface area contributed by atoms with Gasteiger partial charge in [-0.05, 0) is 43.9 Å². The second kappa shape index (κ2) is 8.44. The van der Waals surface area contributed by atoms with Crippen LogP contribution in [0.4, 0.5) is 0 Å². The van der Waals surface area contributed by atoms with Crippen molar-refractivity contribution >= 4 is 11.8 Å². The van der Waals surface area contributed by atoms with Gasteiger partial charge in [0.05, 0.1) is 24.4 Å². The van der Waals surface area contributed by atoms with Crippen LogP contribution in [0.3, 0.4) is 0 Å². The summed E-state index contributed by atoms with van der Waals surface area (Å²) in [6, 6.07) is 17.7. The fourth-order valence-electron chi connectivity index (χ4n) is 4.54. The van der Waals surface area contributed by atoms with E-state index < -0.39 is 5.41 Å². The Bertz CT molecular complexity index is 954. The minimum absolute atomic E-state index is 0.0552. The Kier molecular flexibility index (Phi) is 5.86. The molecule has 0 bridgehead atoms. The second-order valence-electron chi connectivity index (χ2n) is 9.47. The molecule has 1 heterocycles. The molecule has 0 saturated carbocycles. The van der Waals surface area contributed by atoms with Crippen molar-refractivity contribution in [1.82, 2.24) is 16.0 Å². The maximum Gasteiger partial charge on any atom is 0.233 e. The van der Waals surface area contributed by atoms with Crippen molar-refractivity contribution < 1.29 is 14.3 Å². The molecule has 31 heavy (non-hydrogen) atoms. The summed E-state index contributed by atoms with van der Waals surface area (Å²) in [6.45, 7) is 6.75. The van der Waals surface area contributed by atoms with Crippen molar-refractivity contribution in [2.45, 2.75) is 56.7 Å². The Hall–Kier alpha value is -2.70. The summed E-state index contributed by atoms with van der Waals surface area (Å²) in [5.74, 6) is -0.208. The van der Waals surface area contributed by atoms with Crippen LogP contribution in [0.25, 0.3) is 0 Å². The smallest absolute Gasteiger partial charge is 0.233 e. The zero-order valence-electron chi connectivity index (χ0n) is 18.4. The molecule has 2 amide bonds. The van der Waals surface area contributed by atoms with E-state index in [9.17, 15) is 9.59 Å². The lowest BCUT2D eigenvalue weighted by atomic mass is 9.78. The summed E-state index contributed by atoms with van der Waals surface area (Å²) < 4.78 is 5.88. The van der Waals surface area contributed by atoms with Gasteiger partial charge in [-0.1, -0.05) is 54.6 Å². The average Bonchev–Trinajstić information content (AvgIpc) is 3.29. The predicted octanol–water partition coefficient (Wildman–Crippen LogP) is 2.59. The fourth-order valence-corrected chi connectivity index (χ4v) is 4.54. The summed E-state index contributed by atoms with van der Waals surface area (Å²) in [5.41, 5.74) is 2.12. The maximum atomic E-state index is 13.6. The lowest BCUT2D eigenvalue weighted by molar-refractivity contribution is -0.129. The molecule has 3 N–H and O–H groups in total. The maximum absolute atomic E-state index is 13.6. The van der Waals surface area contributed by atoms with Gasteiger partial charge in [-0.25, -0.2) is 0 Å². The third kappa shape index (κ3) is 4.50. The number of hydrogen-bond acceptors (Lipinski definition) is 4. The Morgan fingerprint density at radius 3 is 2.52 bits per heavy atom. The number of benzene rings is 2. The first-order valence-corrected chi connectivity index (χ1v) is 10.9. The van der Waals surface area contributed by atoms with Crippen molar-refractivity contribution in [1.29, 1.82) is 0 Å². The van der Waals surface area contributed by atoms with Crippen LogP contribution in [-0.2, 0) is 26.2 Å². The zero-order valence-corrected chi connectivity index (χ0v) is 18.4. The number of rotatable bonds is 6. The van der Waals surface area contributed by atoms with Crippen molar-refractivity contribution in [3.05, 3.63) is 71.3 Å². The molecule has 6 heteroatoms. The minimum atomic E-state index is -0.889. The predicted molar refractivity (Wildman–Crippen MR) is 119 cm³/mol. The highest BCUT2D eigenvalue weighted by molar-refractivity contribution is 5.97. The van der Waals surface area contributed by atoms with Gasteiger partial charge < -0.3 is 15.4 Å². The first-order valence-electron chi connectivity index (χ1n) is 10.9. The quantitative estimate of drug-likeness (QED) is 0.627. The van der Waals surface area contributed by atoms with Gasteiger partial charge >= 0.3 is 0 Å². The van der Waals surface area contributed by atoms with E-state index in [4.69, 9.17) is 4.74 Å². The second-order valence-corrected chi connectivity index (χ2v) is 9.47. The highest BCUT2D eigenvalue weighted by Crippen LogP contribution is 2.35. The van der Waals surface area contributed by atoms with E-state index in [0.717, 1.165) is 12.0 Å². The topological polar surface area (TPSA) is 79.5 Å². The SMILES string of the molecule is CC(C)(C)OCN[C@H]1c2ccccc2C[C@@H]1NC(=O)C1(c2ccccc2)CNC(=O)C1. The third-order valence-electron chi connectivity index (χ3n) is 6.17. The van der Waals surface area contributed by atoms with E-state index in [1.807, 2.05) is 63.2 Å². The van der Waals surface area contributed by atoms with Crippen LogP contribution in [0, 0.1) is 0 Å². The Balaban J connectivity index is 1.56. The van der Waals surface area contributed by atoms with E-state index in [1.54, 1.807) is 0 Å². The molecule has 2 aromatic carbocycles. The molecule has 3 atom stereocenters. The monoisotopic (exact) mass is 421 g/mol. The van der Waals surface area contributed by atoms with Crippen molar-refractivity contribution in [2.24, 2.45) is 0 Å². The lowest BCUT2D eigenvalue weighted by Gasteiger charge is -2.31. The molecule has 1 aliphatic heterocycles. The summed E-state index contributed by atoms with van der Waals surface area (Å²) in [6.07, 6.45) is 0.898. The van der Waals surface area contributed by atoms with Gasteiger partial charge in [0.2, 0.25) is 11.8 Å². The van der Waals surface area contributed by atoms with E-state index in [2.05, 4.69) is 28.1 Å². The van der Waals surface area contributed by atoms with Gasteiger partial charge in [0.25, 0.3) is 0 Å². The zero-order chi connectivity index (χ0) is 22.1. The van der Waals surface area contributed by atoms with Gasteiger partial charge in [-0.3, -0.25) is 14.9 Å². The molecule has 6 nitrogen and oxygen atoms in total. The standard InChI is InChI=1S/C25H31N3O3/c1-24(2,3)31-16-27-22-19-12-8-7-9-17(19)13-20(22)28-23(30)25(14-21(29)26-15-25)18-10-5-4-6-11-18/h4-12,20,22,27H,13-16H2,1-3H3,(H,26,29)(H,28,30)/t20-,22-,25?/m0/s1. The Labute approximate surface area is 183 Å². The van der Waals surface area contributed by atoms with E-state index >= 15 is 0 Å². The number of carbonyl (C=O) groups is 2. The van der Waals surface area contributed by atoms with Gasteiger partial charge in [0.15, 0.2) is 0 Å². The van der Waals surface area contributed by atoms with E-state index in [-0.39, 0.29) is 35.9 Å². The molecular formula is C25H31N3O3. The molecule has 0 radical (unpaired) electrons. The largest absolute Gasteiger partial charge is 0.361 e. The first-order chi connectivity index (χ1) is 14.8. The highest BCUT2D eigenvalue weighted by atomic mass is 16.5. The van der Waals surface area contributed by atoms with Crippen LogP contribution in [0.1, 0.15) is 49.9 Å². The van der Waals surface area contributed by atoms with Gasteiger partial charge in [0.1, 0.15) is 5.41 Å². The number of ether oxygens (including phenoxy) is 1. The van der Waals surface area contributed by atoms with Crippen LogP contribution in [0.5, 0.6) is 0 Å². The number of hydrogen-bond donors (Lipinski definition) is 3. The van der Waals surface area contributed by atoms with Crippen molar-refractivity contribution in [2.75, 3.05) is 13.3 Å². The number of carbonyl (C=O) groups excluding carboxylic acids is 2. The van der Waals surface area contributed by atoms with Crippen LogP contribution in [-0.4, -0.2) is 36.7 Å². The van der Waals surface area contributed by atoms with E-state index in [1.165, 1.54) is 11.1 Å². The van der Waals surface area contributed by atoms with Crippen LogP contribution in [0.2, 0.25) is 0 Å². The van der Waals surface area contributed by atoms with Gasteiger partial charge in [0, 0.05) is 13.0 Å². The summed E-state index contributed by atoms with van der Waals surface area (Å²) in [5, 5.41) is 9.62. The van der Waals surface area contributed by atoms with Crippen molar-refractivity contribution in [3.63, 3.8) is 0 Å². The Morgan fingerprint density at radius 1 is 1.13 bits per heavy atom. The van der Waals surface area contributed by atoms with Crippen molar-refractivity contribution in [3.8, 4) is 0 Å². The third-order valence-corrected chi connectivity index (χ3v) is 6.17. The van der Waals surface area contributed by atoms with E-state index in [0.29, 0.717) is 13.3 Å². The summed E-state index contributed by atoms with van der Waals surface area (Å²) >= 11 is 0. The first kappa shape index (κ1) is 21.5. The lowest BCUT2D eigenvalue weighted by Crippen LogP contribution is -2.52. The fraction of sp³-hybridized carbons (Fsp3) is 0.440. The molecule has 2 aromatic rings. The number of amides is 2. The normalized spacial score (nSPS) is 25.2. The molecule has 1 fully saturated rings. The van der Waals surface area contributed by atoms with Crippen LogP contribution < -0.4 is 16.0 Å². The molecule has 164 valence electrons. The van der Waals surface area contributed by atoms with Crippen LogP contribution >= 0.6 is 0 Å². The highest BCUT2D eigenvalue weighted by Gasteiger charge is 2.48. The molecule has 1 saturated heterocycles. The molecule has 0 aromatic heterocycles. The number of fused-ring (bicyclic) bond motifs is 1. The molecule has 1 unspecified atom stereocenters. The molecule has 4 rings (SSSR count). The molecule has 0 spiro atoms. The summed E-state index contributed by atoms with van der Waals surface area (Å²) in [4.78, 5) is 25.8. The Morgan fingerprint density at radius 2 is 1.84 bits per heavy atom. The summed E-state index contributed by atoms with van der Waals surface area (Å²) in [7, 11) is 0. The van der Waals surface area contributed by atoms with Gasteiger partial charge in [-0.2, -0.15) is 0 Å². The number of nitrogens with one attached hydrogen (secondary N) is 3. The average molecular weight is 422 g/mol.